The fourth-order valence-corrected chi connectivity index (χ4v) is 1.48. The maximum atomic E-state index is 11.8. The molecular weight excluding hydrogens is 220 g/mol. The van der Waals surface area contributed by atoms with Crippen LogP contribution in [0.15, 0.2) is 24.3 Å². The topological polar surface area (TPSA) is 69.6 Å². The van der Waals surface area contributed by atoms with Crippen molar-refractivity contribution >= 4 is 17.6 Å². The van der Waals surface area contributed by atoms with Gasteiger partial charge in [0.25, 0.3) is 0 Å². The van der Waals surface area contributed by atoms with Crippen molar-refractivity contribution in [2.75, 3.05) is 25.5 Å². The average Bonchev–Trinajstić information content (AvgIpc) is 2.34. The minimum Gasteiger partial charge on any atom is -0.478 e. The normalized spacial score (nSPS) is 10.0. The number of rotatable bonds is 5. The monoisotopic (exact) mass is 236 g/mol. The first-order valence-electron chi connectivity index (χ1n) is 5.31. The molecule has 92 valence electrons. The molecule has 2 N–H and O–H groups in total. The van der Waals surface area contributed by atoms with Crippen molar-refractivity contribution in [3.63, 3.8) is 0 Å². The van der Waals surface area contributed by atoms with Gasteiger partial charge in [0.2, 0.25) is 5.91 Å². The maximum absolute atomic E-state index is 11.8. The van der Waals surface area contributed by atoms with E-state index in [0.29, 0.717) is 18.7 Å². The van der Waals surface area contributed by atoms with Crippen molar-refractivity contribution in [2.45, 2.75) is 6.42 Å². The Morgan fingerprint density at radius 3 is 2.59 bits per heavy atom. The highest BCUT2D eigenvalue weighted by Gasteiger charge is 2.16. The predicted molar refractivity (Wildman–Crippen MR) is 65.4 cm³/mol. The number of hydrogen-bond donors (Lipinski definition) is 2. The summed E-state index contributed by atoms with van der Waals surface area (Å²) in [5, 5.41) is 11.9. The highest BCUT2D eigenvalue weighted by Crippen LogP contribution is 2.19. The molecule has 1 aromatic rings. The molecule has 0 heterocycles. The smallest absolute Gasteiger partial charge is 0.337 e. The second-order valence-electron chi connectivity index (χ2n) is 3.63. The van der Waals surface area contributed by atoms with Crippen LogP contribution in [-0.4, -0.2) is 37.6 Å². The number of nitrogens with zero attached hydrogens (tertiary/aromatic N) is 1. The molecule has 0 saturated carbocycles. The number of carboxylic acid groups (broad SMARTS) is 1. The highest BCUT2D eigenvalue weighted by molar-refractivity contribution is 6.01. The number of carbonyl (C=O) groups is 2. The van der Waals surface area contributed by atoms with Crippen molar-refractivity contribution in [1.82, 2.24) is 5.32 Å². The van der Waals surface area contributed by atoms with Gasteiger partial charge in [-0.05, 0) is 19.2 Å². The Kier molecular flexibility index (Phi) is 4.66. The summed E-state index contributed by atoms with van der Waals surface area (Å²) >= 11 is 0. The fraction of sp³-hybridized carbons (Fsp3) is 0.333. The van der Waals surface area contributed by atoms with Gasteiger partial charge in [-0.15, -0.1) is 0 Å². The van der Waals surface area contributed by atoms with Gasteiger partial charge in [-0.25, -0.2) is 4.79 Å². The highest BCUT2D eigenvalue weighted by atomic mass is 16.4. The van der Waals surface area contributed by atoms with Crippen molar-refractivity contribution in [3.8, 4) is 0 Å². The number of para-hydroxylation sites is 1. The lowest BCUT2D eigenvalue weighted by Gasteiger charge is -2.19. The van der Waals surface area contributed by atoms with E-state index in [1.807, 2.05) is 0 Å². The van der Waals surface area contributed by atoms with Gasteiger partial charge in [0.1, 0.15) is 0 Å². The quantitative estimate of drug-likeness (QED) is 0.798. The summed E-state index contributed by atoms with van der Waals surface area (Å²) in [6, 6.07) is 6.46. The molecule has 0 aromatic heterocycles. The molecule has 0 atom stereocenters. The third kappa shape index (κ3) is 3.29. The summed E-state index contributed by atoms with van der Waals surface area (Å²) in [6.45, 7) is 0.568. The van der Waals surface area contributed by atoms with Gasteiger partial charge in [0.15, 0.2) is 0 Å². The lowest BCUT2D eigenvalue weighted by atomic mass is 10.1. The SMILES string of the molecule is CNCCC(=O)N(C)c1ccccc1C(=O)O. The van der Waals surface area contributed by atoms with Crippen LogP contribution in [0, 0.1) is 0 Å². The van der Waals surface area contributed by atoms with E-state index in [1.165, 1.54) is 11.0 Å². The van der Waals surface area contributed by atoms with Crippen LogP contribution in [-0.2, 0) is 4.79 Å². The molecule has 1 aromatic carbocycles. The fourth-order valence-electron chi connectivity index (χ4n) is 1.48. The van der Waals surface area contributed by atoms with Crippen LogP contribution in [0.1, 0.15) is 16.8 Å². The molecule has 1 amide bonds. The van der Waals surface area contributed by atoms with E-state index in [4.69, 9.17) is 5.11 Å². The summed E-state index contributed by atoms with van der Waals surface area (Å²) in [6.07, 6.45) is 0.334. The molecule has 0 radical (unpaired) electrons. The molecule has 0 unspecified atom stereocenters. The summed E-state index contributed by atoms with van der Waals surface area (Å²) in [5.41, 5.74) is 0.550. The number of anilines is 1. The van der Waals surface area contributed by atoms with Gasteiger partial charge >= 0.3 is 5.97 Å². The zero-order valence-corrected chi connectivity index (χ0v) is 9.93. The number of carboxylic acids is 1. The van der Waals surface area contributed by atoms with Gasteiger partial charge in [0.05, 0.1) is 11.3 Å². The van der Waals surface area contributed by atoms with Crippen molar-refractivity contribution < 1.29 is 14.7 Å². The minimum atomic E-state index is -1.03. The number of aromatic carboxylic acids is 1. The molecular formula is C12H16N2O3. The Hall–Kier alpha value is -1.88. The third-order valence-electron chi connectivity index (χ3n) is 2.46. The largest absolute Gasteiger partial charge is 0.478 e. The zero-order chi connectivity index (χ0) is 12.8. The lowest BCUT2D eigenvalue weighted by molar-refractivity contribution is -0.118. The Labute approximate surface area is 100 Å². The number of hydrogen-bond acceptors (Lipinski definition) is 3. The van der Waals surface area contributed by atoms with E-state index in [-0.39, 0.29) is 11.5 Å². The van der Waals surface area contributed by atoms with Gasteiger partial charge < -0.3 is 15.3 Å². The maximum Gasteiger partial charge on any atom is 0.337 e. The van der Waals surface area contributed by atoms with E-state index >= 15 is 0 Å². The number of nitrogens with one attached hydrogen (secondary N) is 1. The molecule has 0 aliphatic rings. The van der Waals surface area contributed by atoms with Crippen LogP contribution in [0.25, 0.3) is 0 Å². The molecule has 17 heavy (non-hydrogen) atoms. The second-order valence-corrected chi connectivity index (χ2v) is 3.63. The molecule has 0 aliphatic heterocycles. The first-order chi connectivity index (χ1) is 8.07. The summed E-state index contributed by atoms with van der Waals surface area (Å²) in [5.74, 6) is -1.15. The average molecular weight is 236 g/mol. The van der Waals surface area contributed by atoms with Gasteiger partial charge in [-0.1, -0.05) is 12.1 Å². The molecule has 5 nitrogen and oxygen atoms in total. The van der Waals surface area contributed by atoms with E-state index in [9.17, 15) is 9.59 Å². The standard InChI is InChI=1S/C12H16N2O3/c1-13-8-7-11(15)14(2)10-6-4-3-5-9(10)12(16)17/h3-6,13H,7-8H2,1-2H3,(H,16,17). The van der Waals surface area contributed by atoms with Crippen LogP contribution in [0.5, 0.6) is 0 Å². The molecule has 5 heteroatoms. The van der Waals surface area contributed by atoms with Crippen LogP contribution < -0.4 is 10.2 Å². The molecule has 0 aliphatic carbocycles. The molecule has 0 bridgehead atoms. The minimum absolute atomic E-state index is 0.118. The van der Waals surface area contributed by atoms with E-state index in [2.05, 4.69) is 5.32 Å². The van der Waals surface area contributed by atoms with Crippen molar-refractivity contribution in [2.24, 2.45) is 0 Å². The second kappa shape index (κ2) is 6.00. The van der Waals surface area contributed by atoms with Gasteiger partial charge in [-0.3, -0.25) is 4.79 Å². The summed E-state index contributed by atoms with van der Waals surface area (Å²) in [7, 11) is 3.35. The Morgan fingerprint density at radius 2 is 2.00 bits per heavy atom. The van der Waals surface area contributed by atoms with Crippen LogP contribution in [0.3, 0.4) is 0 Å². The Morgan fingerprint density at radius 1 is 1.35 bits per heavy atom. The Bertz CT molecular complexity index is 418. The summed E-state index contributed by atoms with van der Waals surface area (Å²) < 4.78 is 0. The van der Waals surface area contributed by atoms with Crippen LogP contribution >= 0.6 is 0 Å². The first kappa shape index (κ1) is 13.2. The lowest BCUT2D eigenvalue weighted by Crippen LogP contribution is -2.30. The third-order valence-corrected chi connectivity index (χ3v) is 2.46. The molecule has 0 saturated heterocycles. The molecule has 0 spiro atoms. The van der Waals surface area contributed by atoms with Gasteiger partial charge in [0, 0.05) is 20.0 Å². The molecule has 0 fully saturated rings. The Balaban J connectivity index is 2.91. The predicted octanol–water partition coefficient (Wildman–Crippen LogP) is 0.957. The van der Waals surface area contributed by atoms with E-state index in [1.54, 1.807) is 32.3 Å². The summed E-state index contributed by atoms with van der Waals surface area (Å²) in [4.78, 5) is 24.2. The van der Waals surface area contributed by atoms with Crippen molar-refractivity contribution in [1.29, 1.82) is 0 Å². The number of benzene rings is 1. The van der Waals surface area contributed by atoms with E-state index in [0.717, 1.165) is 0 Å². The van der Waals surface area contributed by atoms with Crippen LogP contribution in [0.4, 0.5) is 5.69 Å². The number of amides is 1. The zero-order valence-electron chi connectivity index (χ0n) is 9.93. The molecule has 1 rings (SSSR count). The van der Waals surface area contributed by atoms with Gasteiger partial charge in [-0.2, -0.15) is 0 Å². The van der Waals surface area contributed by atoms with E-state index < -0.39 is 5.97 Å². The first-order valence-corrected chi connectivity index (χ1v) is 5.31. The number of carbonyl (C=O) groups excluding carboxylic acids is 1. The van der Waals surface area contributed by atoms with Crippen LogP contribution in [0.2, 0.25) is 0 Å². The van der Waals surface area contributed by atoms with Crippen molar-refractivity contribution in [3.05, 3.63) is 29.8 Å².